The fourth-order valence-electron chi connectivity index (χ4n) is 2.78. The fourth-order valence-corrected chi connectivity index (χ4v) is 2.78. The summed E-state index contributed by atoms with van der Waals surface area (Å²) in [7, 11) is 1.72. The Hall–Kier alpha value is -2.63. The summed E-state index contributed by atoms with van der Waals surface area (Å²) < 4.78 is 28.6. The van der Waals surface area contributed by atoms with Crippen LogP contribution in [-0.2, 0) is 13.0 Å². The van der Waals surface area contributed by atoms with Gasteiger partial charge in [0.05, 0.1) is 0 Å². The van der Waals surface area contributed by atoms with E-state index in [2.05, 4.69) is 10.1 Å². The van der Waals surface area contributed by atoms with Crippen LogP contribution in [0.15, 0.2) is 42.5 Å². The number of carbonyl (C=O) groups is 1. The zero-order valence-corrected chi connectivity index (χ0v) is 13.3. The predicted octanol–water partition coefficient (Wildman–Crippen LogP) is 3.53. The summed E-state index contributed by atoms with van der Waals surface area (Å²) in [5.41, 5.74) is 3.74. The van der Waals surface area contributed by atoms with Gasteiger partial charge in [0.25, 0.3) is 5.91 Å². The van der Waals surface area contributed by atoms with E-state index in [1.165, 1.54) is 12.1 Å². The van der Waals surface area contributed by atoms with Gasteiger partial charge < -0.3 is 15.0 Å². The Kier molecular flexibility index (Phi) is 4.64. The van der Waals surface area contributed by atoms with Crippen LogP contribution in [0.5, 0.6) is 5.75 Å². The summed E-state index contributed by atoms with van der Waals surface area (Å²) in [5.74, 6) is 0.0338. The minimum Gasteiger partial charge on any atom is -0.435 e. The Balaban J connectivity index is 1.65. The maximum Gasteiger partial charge on any atom is 0.387 e. The van der Waals surface area contributed by atoms with Gasteiger partial charge >= 0.3 is 6.61 Å². The first-order valence-corrected chi connectivity index (χ1v) is 7.69. The summed E-state index contributed by atoms with van der Waals surface area (Å²) in [6.45, 7) is -1.55. The number of halogens is 2. The molecule has 0 atom stereocenters. The highest BCUT2D eigenvalue weighted by molar-refractivity contribution is 5.94. The molecule has 0 bridgehead atoms. The molecule has 24 heavy (non-hydrogen) atoms. The van der Waals surface area contributed by atoms with Crippen molar-refractivity contribution < 1.29 is 18.3 Å². The molecular formula is C18H18F2N2O2. The molecule has 2 aromatic rings. The first-order valence-electron chi connectivity index (χ1n) is 7.69. The van der Waals surface area contributed by atoms with Crippen molar-refractivity contribution in [2.45, 2.75) is 19.6 Å². The van der Waals surface area contributed by atoms with E-state index in [0.29, 0.717) is 12.1 Å². The van der Waals surface area contributed by atoms with Gasteiger partial charge in [0.1, 0.15) is 5.75 Å². The monoisotopic (exact) mass is 332 g/mol. The highest BCUT2D eigenvalue weighted by Gasteiger charge is 2.16. The van der Waals surface area contributed by atoms with Crippen LogP contribution in [0.4, 0.5) is 14.5 Å². The number of nitrogens with zero attached hydrogens (tertiary/aromatic N) is 1. The Morgan fingerprint density at radius 2 is 2.00 bits per heavy atom. The van der Waals surface area contributed by atoms with Crippen molar-refractivity contribution in [3.8, 4) is 5.75 Å². The molecule has 1 amide bonds. The van der Waals surface area contributed by atoms with Gasteiger partial charge in [0, 0.05) is 31.4 Å². The van der Waals surface area contributed by atoms with Crippen LogP contribution in [0.25, 0.3) is 0 Å². The predicted molar refractivity (Wildman–Crippen MR) is 87.5 cm³/mol. The van der Waals surface area contributed by atoms with E-state index in [1.807, 2.05) is 18.2 Å². The molecule has 0 saturated carbocycles. The zero-order chi connectivity index (χ0) is 17.1. The molecule has 0 aliphatic carbocycles. The number of ether oxygens (including phenoxy) is 1. The third-order valence-corrected chi connectivity index (χ3v) is 3.98. The molecule has 0 saturated heterocycles. The van der Waals surface area contributed by atoms with E-state index < -0.39 is 6.61 Å². The average molecular weight is 332 g/mol. The first-order chi connectivity index (χ1) is 11.5. The number of fused-ring (bicyclic) bond motifs is 1. The highest BCUT2D eigenvalue weighted by Crippen LogP contribution is 2.24. The summed E-state index contributed by atoms with van der Waals surface area (Å²) in [6.07, 6.45) is 0.922. The summed E-state index contributed by atoms with van der Waals surface area (Å²) >= 11 is 0. The van der Waals surface area contributed by atoms with Crippen LogP contribution in [-0.4, -0.2) is 31.0 Å². The number of anilines is 1. The van der Waals surface area contributed by atoms with Crippen molar-refractivity contribution in [1.82, 2.24) is 4.90 Å². The van der Waals surface area contributed by atoms with Gasteiger partial charge in [-0.3, -0.25) is 4.79 Å². The number of amides is 1. The van der Waals surface area contributed by atoms with E-state index >= 15 is 0 Å². The van der Waals surface area contributed by atoms with Crippen molar-refractivity contribution in [1.29, 1.82) is 0 Å². The van der Waals surface area contributed by atoms with Crippen molar-refractivity contribution >= 4 is 11.6 Å². The molecule has 0 spiro atoms. The Bertz CT molecular complexity index is 732. The molecule has 0 fully saturated rings. The van der Waals surface area contributed by atoms with Gasteiger partial charge in [-0.2, -0.15) is 8.78 Å². The molecule has 0 aromatic heterocycles. The third-order valence-electron chi connectivity index (χ3n) is 3.98. The van der Waals surface area contributed by atoms with Gasteiger partial charge in [-0.25, -0.2) is 0 Å². The molecule has 0 radical (unpaired) electrons. The molecule has 1 aliphatic rings. The van der Waals surface area contributed by atoms with Gasteiger partial charge in [-0.1, -0.05) is 12.1 Å². The minimum absolute atomic E-state index is 0.0717. The lowest BCUT2D eigenvalue weighted by molar-refractivity contribution is -0.0498. The Labute approximate surface area is 139 Å². The number of alkyl halides is 2. The van der Waals surface area contributed by atoms with Crippen molar-refractivity contribution in [2.24, 2.45) is 0 Å². The smallest absolute Gasteiger partial charge is 0.387 e. The van der Waals surface area contributed by atoms with Crippen LogP contribution in [0, 0.1) is 0 Å². The van der Waals surface area contributed by atoms with Crippen molar-refractivity contribution in [3.05, 3.63) is 59.2 Å². The molecule has 4 nitrogen and oxygen atoms in total. The van der Waals surface area contributed by atoms with E-state index in [1.54, 1.807) is 24.1 Å². The van der Waals surface area contributed by atoms with Gasteiger partial charge in [0.2, 0.25) is 0 Å². The molecule has 6 heteroatoms. The molecular weight excluding hydrogens is 314 g/mol. The highest BCUT2D eigenvalue weighted by atomic mass is 19.3. The molecule has 1 N–H and O–H groups in total. The Morgan fingerprint density at radius 3 is 2.71 bits per heavy atom. The van der Waals surface area contributed by atoms with Crippen LogP contribution >= 0.6 is 0 Å². The SMILES string of the molecule is CN(Cc1ccc(OC(F)F)cc1)C(=O)c1ccc2c(c1)CCN2. The van der Waals surface area contributed by atoms with E-state index in [4.69, 9.17) is 0 Å². The lowest BCUT2D eigenvalue weighted by Gasteiger charge is -2.18. The van der Waals surface area contributed by atoms with E-state index in [9.17, 15) is 13.6 Å². The first kappa shape index (κ1) is 16.2. The van der Waals surface area contributed by atoms with Gasteiger partial charge in [0.15, 0.2) is 0 Å². The lowest BCUT2D eigenvalue weighted by Crippen LogP contribution is -2.26. The van der Waals surface area contributed by atoms with Crippen LogP contribution in [0.2, 0.25) is 0 Å². The average Bonchev–Trinajstić information content (AvgIpc) is 3.03. The molecule has 1 heterocycles. The second-order valence-electron chi connectivity index (χ2n) is 5.73. The van der Waals surface area contributed by atoms with Crippen molar-refractivity contribution in [2.75, 3.05) is 18.9 Å². The maximum absolute atomic E-state index is 12.5. The van der Waals surface area contributed by atoms with Crippen LogP contribution < -0.4 is 10.1 Å². The molecule has 0 unspecified atom stereocenters. The molecule has 126 valence electrons. The molecule has 3 rings (SSSR count). The van der Waals surface area contributed by atoms with Gasteiger partial charge in [-0.15, -0.1) is 0 Å². The number of hydrogen-bond donors (Lipinski definition) is 1. The minimum atomic E-state index is -2.84. The fraction of sp³-hybridized carbons (Fsp3) is 0.278. The molecule has 2 aromatic carbocycles. The summed E-state index contributed by atoms with van der Waals surface area (Å²) in [6, 6.07) is 12.0. The zero-order valence-electron chi connectivity index (χ0n) is 13.3. The quantitative estimate of drug-likeness (QED) is 0.911. The third kappa shape index (κ3) is 3.64. The maximum atomic E-state index is 12.5. The van der Waals surface area contributed by atoms with Crippen LogP contribution in [0.3, 0.4) is 0 Å². The second-order valence-corrected chi connectivity index (χ2v) is 5.73. The number of hydrogen-bond acceptors (Lipinski definition) is 3. The van der Waals surface area contributed by atoms with Gasteiger partial charge in [-0.05, 0) is 47.9 Å². The Morgan fingerprint density at radius 1 is 1.25 bits per heavy atom. The van der Waals surface area contributed by atoms with Crippen LogP contribution in [0.1, 0.15) is 21.5 Å². The summed E-state index contributed by atoms with van der Waals surface area (Å²) in [4.78, 5) is 14.1. The number of rotatable bonds is 5. The van der Waals surface area contributed by atoms with E-state index in [0.717, 1.165) is 29.8 Å². The second kappa shape index (κ2) is 6.86. The molecule has 1 aliphatic heterocycles. The van der Waals surface area contributed by atoms with E-state index in [-0.39, 0.29) is 11.7 Å². The lowest BCUT2D eigenvalue weighted by atomic mass is 10.1. The number of benzene rings is 2. The van der Waals surface area contributed by atoms with Crippen molar-refractivity contribution in [3.63, 3.8) is 0 Å². The number of carbonyl (C=O) groups excluding carboxylic acids is 1. The topological polar surface area (TPSA) is 41.6 Å². The summed E-state index contributed by atoms with van der Waals surface area (Å²) in [5, 5.41) is 3.26. The largest absolute Gasteiger partial charge is 0.435 e. The number of nitrogens with one attached hydrogen (secondary N) is 1. The standard InChI is InChI=1S/C18H18F2N2O2/c1-22(11-12-2-5-15(6-3-12)24-18(19)20)17(23)14-4-7-16-13(10-14)8-9-21-16/h2-7,10,18,21H,8-9,11H2,1H3. The normalized spacial score (nSPS) is 12.7.